The van der Waals surface area contributed by atoms with Gasteiger partial charge in [0, 0.05) is 11.9 Å². The fourth-order valence-corrected chi connectivity index (χ4v) is 6.31. The molecular weight excluding hydrogens is 424 g/mol. The first-order chi connectivity index (χ1) is 12.5. The van der Waals surface area contributed by atoms with E-state index in [1.54, 1.807) is 10.3 Å². The van der Waals surface area contributed by atoms with E-state index in [1.807, 2.05) is 27.9 Å². The van der Waals surface area contributed by atoms with Gasteiger partial charge in [-0.05, 0) is 12.3 Å². The number of carbonyl (C=O) groups excluding carboxylic acids is 2. The summed E-state index contributed by atoms with van der Waals surface area (Å²) in [5, 5.41) is 2.64. The molecule has 0 saturated carbocycles. The average molecular weight is 451 g/mol. The number of amides is 2. The Labute approximate surface area is 176 Å². The van der Waals surface area contributed by atoms with Gasteiger partial charge in [0.1, 0.15) is 17.2 Å². The molecule has 0 bridgehead atoms. The van der Waals surface area contributed by atoms with Gasteiger partial charge in [0.2, 0.25) is 15.9 Å². The molecule has 28 heavy (non-hydrogen) atoms. The number of likely N-dealkylation sites (tertiary alicyclic amines) is 1. The summed E-state index contributed by atoms with van der Waals surface area (Å²) in [6, 6.07) is -0.905. The van der Waals surface area contributed by atoms with Gasteiger partial charge in [0.05, 0.1) is 38.4 Å². The minimum Gasteiger partial charge on any atom is -1.00 e. The third-order valence-corrected chi connectivity index (χ3v) is 7.22. The molecule has 2 saturated heterocycles. The van der Waals surface area contributed by atoms with Crippen LogP contribution in [0.25, 0.3) is 0 Å². The van der Waals surface area contributed by atoms with Gasteiger partial charge >= 0.3 is 0 Å². The van der Waals surface area contributed by atoms with E-state index in [0.717, 1.165) is 22.1 Å². The third kappa shape index (κ3) is 4.05. The molecule has 0 radical (unpaired) electrons. The van der Waals surface area contributed by atoms with Gasteiger partial charge in [-0.1, -0.05) is 13.8 Å². The van der Waals surface area contributed by atoms with Crippen LogP contribution in [-0.2, 0) is 21.4 Å². The summed E-state index contributed by atoms with van der Waals surface area (Å²) in [5.74, 6) is -1.18. The number of hydrogen-bond donors (Lipinski definition) is 1. The van der Waals surface area contributed by atoms with Gasteiger partial charge in [-0.3, -0.25) is 9.59 Å². The number of sulfonamides is 1. The molecular formula is C17H27ClN4O4S2. The number of rotatable bonds is 5. The molecule has 1 N–H and O–H groups in total. The number of nitrogens with one attached hydrogen (secondary N) is 1. The van der Waals surface area contributed by atoms with E-state index in [1.165, 1.54) is 16.2 Å². The van der Waals surface area contributed by atoms with E-state index in [9.17, 15) is 18.0 Å². The first-order valence-electron chi connectivity index (χ1n) is 9.10. The van der Waals surface area contributed by atoms with Crippen molar-refractivity contribution in [2.75, 3.05) is 26.9 Å². The van der Waals surface area contributed by atoms with E-state index in [4.69, 9.17) is 0 Å². The lowest BCUT2D eigenvalue weighted by Crippen LogP contribution is -3.04. The highest BCUT2D eigenvalue weighted by Gasteiger charge is 2.58. The Morgan fingerprint density at radius 1 is 1.39 bits per heavy atom. The predicted molar refractivity (Wildman–Crippen MR) is 102 cm³/mol. The largest absolute Gasteiger partial charge is 1.00 e. The number of quaternary nitrogens is 1. The van der Waals surface area contributed by atoms with Crippen molar-refractivity contribution in [1.82, 2.24) is 14.2 Å². The lowest BCUT2D eigenvalue weighted by molar-refractivity contribution is -0.872. The molecule has 2 aliphatic rings. The van der Waals surface area contributed by atoms with Gasteiger partial charge in [-0.2, -0.15) is 0 Å². The molecule has 1 aromatic rings. The molecule has 0 unspecified atom stereocenters. The second-order valence-corrected chi connectivity index (χ2v) is 10.8. The summed E-state index contributed by atoms with van der Waals surface area (Å²) < 4.78 is 25.4. The van der Waals surface area contributed by atoms with Crippen LogP contribution in [0.3, 0.4) is 0 Å². The first-order valence-corrected chi connectivity index (χ1v) is 11.8. The molecule has 8 nitrogen and oxygen atoms in total. The molecule has 3 rings (SSSR count). The summed E-state index contributed by atoms with van der Waals surface area (Å²) in [4.78, 5) is 33.3. The fourth-order valence-electron chi connectivity index (χ4n) is 4.21. The number of thiazole rings is 1. The SMILES string of the molecule is CC(C)[C@H]1C(=O)N(S(C)(=O)=O)[C@H]2CCN(C(=O)c3csc(C[NH+](C)C)n3)[C@H]12.[Cl-]. The summed E-state index contributed by atoms with van der Waals surface area (Å²) in [6.07, 6.45) is 1.53. The van der Waals surface area contributed by atoms with E-state index in [2.05, 4.69) is 4.98 Å². The van der Waals surface area contributed by atoms with Crippen molar-refractivity contribution in [2.24, 2.45) is 11.8 Å². The van der Waals surface area contributed by atoms with E-state index < -0.39 is 33.9 Å². The van der Waals surface area contributed by atoms with Gasteiger partial charge < -0.3 is 22.2 Å². The zero-order valence-corrected chi connectivity index (χ0v) is 19.1. The number of aromatic nitrogens is 1. The molecule has 2 amide bonds. The lowest BCUT2D eigenvalue weighted by Gasteiger charge is -2.28. The smallest absolute Gasteiger partial charge is 0.273 e. The van der Waals surface area contributed by atoms with Crippen molar-refractivity contribution in [3.8, 4) is 0 Å². The minimum atomic E-state index is -3.67. The van der Waals surface area contributed by atoms with Crippen LogP contribution in [0.4, 0.5) is 0 Å². The van der Waals surface area contributed by atoms with Crippen molar-refractivity contribution in [3.63, 3.8) is 0 Å². The Balaban J connectivity index is 0.00000280. The monoisotopic (exact) mass is 450 g/mol. The van der Waals surface area contributed by atoms with Crippen LogP contribution in [0.5, 0.6) is 0 Å². The van der Waals surface area contributed by atoms with Crippen LogP contribution < -0.4 is 17.3 Å². The molecule has 0 aromatic carbocycles. The van der Waals surface area contributed by atoms with Crippen LogP contribution in [0.1, 0.15) is 35.8 Å². The molecule has 2 fully saturated rings. The van der Waals surface area contributed by atoms with Crippen LogP contribution in [0, 0.1) is 11.8 Å². The molecule has 158 valence electrons. The number of halogens is 1. The summed E-state index contributed by atoms with van der Waals surface area (Å²) in [7, 11) is 0.372. The Morgan fingerprint density at radius 2 is 2.04 bits per heavy atom. The molecule has 3 heterocycles. The number of carbonyl (C=O) groups is 2. The Bertz CT molecular complexity index is 855. The Kier molecular flexibility index (Phi) is 6.79. The summed E-state index contributed by atoms with van der Waals surface area (Å²) in [6.45, 7) is 4.96. The molecule has 3 atom stereocenters. The second-order valence-electron chi connectivity index (χ2n) is 8.02. The topological polar surface area (TPSA) is 92.1 Å². The highest BCUT2D eigenvalue weighted by molar-refractivity contribution is 7.88. The maximum atomic E-state index is 13.1. The molecule has 0 spiro atoms. The van der Waals surface area contributed by atoms with Crippen molar-refractivity contribution in [2.45, 2.75) is 38.9 Å². The Hall–Kier alpha value is -1.23. The van der Waals surface area contributed by atoms with E-state index >= 15 is 0 Å². The van der Waals surface area contributed by atoms with Crippen molar-refractivity contribution in [3.05, 3.63) is 16.1 Å². The standard InChI is InChI=1S/C17H26N4O4S2.ClH/c1-10(2)14-15-12(21(17(14)23)27(5,24)25)6-7-20(15)16(22)11-9-26-13(18-11)8-19(3)4;/h9-10,12,14-15H,6-8H2,1-5H3;1H/t12-,14+,15-;/m0./s1. The van der Waals surface area contributed by atoms with Crippen LogP contribution in [0.2, 0.25) is 0 Å². The van der Waals surface area contributed by atoms with Gasteiger partial charge in [0.15, 0.2) is 0 Å². The summed E-state index contributed by atoms with van der Waals surface area (Å²) >= 11 is 1.45. The minimum absolute atomic E-state index is 0. The number of nitrogens with zero attached hydrogens (tertiary/aromatic N) is 3. The quantitative estimate of drug-likeness (QED) is 0.501. The van der Waals surface area contributed by atoms with Gasteiger partial charge in [0.25, 0.3) is 5.91 Å². The third-order valence-electron chi connectivity index (χ3n) is 5.20. The molecule has 1 aromatic heterocycles. The first kappa shape index (κ1) is 23.1. The lowest BCUT2D eigenvalue weighted by atomic mass is 9.88. The second kappa shape index (κ2) is 8.25. The van der Waals surface area contributed by atoms with Crippen LogP contribution in [-0.4, -0.2) is 73.4 Å². The summed E-state index contributed by atoms with van der Waals surface area (Å²) in [5.41, 5.74) is 0.379. The van der Waals surface area contributed by atoms with Gasteiger partial charge in [-0.15, -0.1) is 11.3 Å². The average Bonchev–Trinajstić information content (AvgIpc) is 3.18. The van der Waals surface area contributed by atoms with Crippen LogP contribution >= 0.6 is 11.3 Å². The number of fused-ring (bicyclic) bond motifs is 1. The molecule has 0 aliphatic carbocycles. The predicted octanol–water partition coefficient (Wildman–Crippen LogP) is -3.55. The number of hydrogen-bond acceptors (Lipinski definition) is 6. The zero-order chi connectivity index (χ0) is 20.1. The molecule has 11 heteroatoms. The maximum Gasteiger partial charge on any atom is 0.273 e. The van der Waals surface area contributed by atoms with Gasteiger partial charge in [-0.25, -0.2) is 17.7 Å². The highest BCUT2D eigenvalue weighted by Crippen LogP contribution is 2.41. The maximum absolute atomic E-state index is 13.1. The fraction of sp³-hybridized carbons (Fsp3) is 0.706. The van der Waals surface area contributed by atoms with Crippen molar-refractivity contribution >= 4 is 33.2 Å². The highest BCUT2D eigenvalue weighted by atomic mass is 35.5. The zero-order valence-electron chi connectivity index (χ0n) is 16.7. The van der Waals surface area contributed by atoms with E-state index in [-0.39, 0.29) is 24.2 Å². The van der Waals surface area contributed by atoms with Crippen molar-refractivity contribution in [1.29, 1.82) is 0 Å². The van der Waals surface area contributed by atoms with E-state index in [0.29, 0.717) is 18.7 Å². The Morgan fingerprint density at radius 3 is 2.57 bits per heavy atom. The van der Waals surface area contributed by atoms with Crippen molar-refractivity contribution < 1.29 is 35.3 Å². The molecule has 2 aliphatic heterocycles. The normalized spacial score (nSPS) is 24.8. The van der Waals surface area contributed by atoms with Crippen LogP contribution in [0.15, 0.2) is 5.38 Å².